The van der Waals surface area contributed by atoms with E-state index in [4.69, 9.17) is 16.3 Å². The number of halogens is 1. The second kappa shape index (κ2) is 6.73. The summed E-state index contributed by atoms with van der Waals surface area (Å²) in [5.74, 6) is 0.0936. The van der Waals surface area contributed by atoms with E-state index in [1.54, 1.807) is 17.0 Å². The van der Waals surface area contributed by atoms with Gasteiger partial charge in [-0.2, -0.15) is 0 Å². The zero-order valence-corrected chi connectivity index (χ0v) is 16.3. The largest absolute Gasteiger partial charge is 0.476 e. The lowest BCUT2D eigenvalue weighted by Gasteiger charge is -2.37. The Morgan fingerprint density at radius 3 is 2.74 bits per heavy atom. The lowest BCUT2D eigenvalue weighted by atomic mass is 10.0. The predicted octanol–water partition coefficient (Wildman–Crippen LogP) is 2.85. The van der Waals surface area contributed by atoms with Crippen molar-refractivity contribution < 1.29 is 17.9 Å². The van der Waals surface area contributed by atoms with Crippen LogP contribution in [-0.2, 0) is 21.2 Å². The number of fused-ring (bicyclic) bond motifs is 2. The first kappa shape index (κ1) is 18.1. The Kier molecular flexibility index (Phi) is 4.52. The first-order chi connectivity index (χ1) is 12.8. The molecule has 1 atom stereocenters. The number of anilines is 2. The van der Waals surface area contributed by atoms with Gasteiger partial charge in [0.05, 0.1) is 18.5 Å². The number of carbonyl (C=O) groups excluding carboxylic acids is 1. The average molecular weight is 407 g/mol. The van der Waals surface area contributed by atoms with E-state index in [0.717, 1.165) is 30.3 Å². The van der Waals surface area contributed by atoms with Crippen LogP contribution in [0.2, 0.25) is 5.02 Å². The highest BCUT2D eigenvalue weighted by molar-refractivity contribution is 7.92. The molecule has 0 radical (unpaired) electrons. The summed E-state index contributed by atoms with van der Waals surface area (Å²) in [5, 5.41) is 0.403. The summed E-state index contributed by atoms with van der Waals surface area (Å²) in [6, 6.07) is 12.5. The molecule has 0 saturated heterocycles. The van der Waals surface area contributed by atoms with Gasteiger partial charge in [0.1, 0.15) is 5.75 Å². The molecule has 4 rings (SSSR count). The van der Waals surface area contributed by atoms with Gasteiger partial charge in [-0.3, -0.25) is 9.10 Å². The maximum absolute atomic E-state index is 13.2. The highest BCUT2D eigenvalue weighted by atomic mass is 35.5. The summed E-state index contributed by atoms with van der Waals surface area (Å²) in [6.45, 7) is 0.506. The molecule has 0 fully saturated rings. The third-order valence-electron chi connectivity index (χ3n) is 4.84. The van der Waals surface area contributed by atoms with E-state index in [1.807, 2.05) is 24.3 Å². The molecule has 0 aromatic heterocycles. The van der Waals surface area contributed by atoms with Crippen molar-refractivity contribution in [3.05, 3.63) is 53.1 Å². The molecule has 0 N–H and O–H groups in total. The minimum absolute atomic E-state index is 0.0797. The molecule has 0 saturated carbocycles. The second-order valence-electron chi connectivity index (χ2n) is 6.73. The summed E-state index contributed by atoms with van der Waals surface area (Å²) in [5.41, 5.74) is 2.33. The molecule has 1 amide bonds. The molecule has 2 aromatic carbocycles. The quantitative estimate of drug-likeness (QED) is 0.769. The highest BCUT2D eigenvalue weighted by Crippen LogP contribution is 2.38. The van der Waals surface area contributed by atoms with Crippen LogP contribution in [0.15, 0.2) is 42.5 Å². The minimum Gasteiger partial charge on any atom is -0.476 e. The Hall–Kier alpha value is -2.25. The second-order valence-corrected chi connectivity index (χ2v) is 9.08. The van der Waals surface area contributed by atoms with Gasteiger partial charge in [0.15, 0.2) is 6.10 Å². The van der Waals surface area contributed by atoms with Crippen LogP contribution < -0.4 is 13.9 Å². The Morgan fingerprint density at radius 1 is 1.19 bits per heavy atom. The monoisotopic (exact) mass is 406 g/mol. The molecule has 0 aliphatic carbocycles. The van der Waals surface area contributed by atoms with Crippen LogP contribution in [-0.4, -0.2) is 39.8 Å². The van der Waals surface area contributed by atoms with E-state index in [1.165, 1.54) is 10.4 Å². The van der Waals surface area contributed by atoms with Crippen molar-refractivity contribution in [2.75, 3.05) is 28.6 Å². The Bertz CT molecular complexity index is 1010. The third-order valence-corrected chi connectivity index (χ3v) is 6.22. The number of aryl methyl sites for hydroxylation is 1. The number of ether oxygens (including phenoxy) is 1. The fourth-order valence-electron chi connectivity index (χ4n) is 3.60. The molecule has 8 heteroatoms. The van der Waals surface area contributed by atoms with Crippen molar-refractivity contribution in [1.82, 2.24) is 0 Å². The Morgan fingerprint density at radius 2 is 1.96 bits per heavy atom. The normalized spacial score (nSPS) is 19.1. The van der Waals surface area contributed by atoms with Gasteiger partial charge in [-0.1, -0.05) is 29.8 Å². The molecule has 0 spiro atoms. The fraction of sp³-hybridized carbons (Fsp3) is 0.316. The lowest BCUT2D eigenvalue weighted by molar-refractivity contribution is -0.125. The van der Waals surface area contributed by atoms with Crippen LogP contribution in [0.5, 0.6) is 5.75 Å². The van der Waals surface area contributed by atoms with Crippen molar-refractivity contribution in [1.29, 1.82) is 0 Å². The number of hydrogen-bond acceptors (Lipinski definition) is 4. The van der Waals surface area contributed by atoms with Crippen molar-refractivity contribution in [2.45, 2.75) is 18.9 Å². The van der Waals surface area contributed by atoms with Crippen LogP contribution in [0.25, 0.3) is 0 Å². The maximum atomic E-state index is 13.2. The topological polar surface area (TPSA) is 66.9 Å². The first-order valence-electron chi connectivity index (χ1n) is 8.68. The van der Waals surface area contributed by atoms with E-state index in [0.29, 0.717) is 23.0 Å². The van der Waals surface area contributed by atoms with Gasteiger partial charge in [0.25, 0.3) is 5.91 Å². The molecular weight excluding hydrogens is 388 g/mol. The summed E-state index contributed by atoms with van der Waals surface area (Å²) in [6.07, 6.45) is 1.97. The molecule has 142 valence electrons. The van der Waals surface area contributed by atoms with Crippen LogP contribution in [0.4, 0.5) is 11.4 Å². The summed E-state index contributed by atoms with van der Waals surface area (Å²) in [4.78, 5) is 14.9. The smallest absolute Gasteiger partial charge is 0.269 e. The minimum atomic E-state index is -3.59. The molecule has 2 aliphatic heterocycles. The number of hydrogen-bond donors (Lipinski definition) is 0. The SMILES string of the molecule is CS(=O)(=O)N1C[C@H](C(=O)N2CCCc3ccccc32)Oc2ccc(Cl)cc21. The van der Waals surface area contributed by atoms with Crippen molar-refractivity contribution in [3.63, 3.8) is 0 Å². The van der Waals surface area contributed by atoms with Gasteiger partial charge in [-0.05, 0) is 42.7 Å². The number of sulfonamides is 1. The number of rotatable bonds is 2. The number of para-hydroxylation sites is 1. The highest BCUT2D eigenvalue weighted by Gasteiger charge is 2.38. The van der Waals surface area contributed by atoms with Crippen LogP contribution >= 0.6 is 11.6 Å². The summed E-state index contributed by atoms with van der Waals surface area (Å²) in [7, 11) is -3.59. The van der Waals surface area contributed by atoms with Crippen molar-refractivity contribution in [2.24, 2.45) is 0 Å². The van der Waals surface area contributed by atoms with Gasteiger partial charge in [0.2, 0.25) is 10.0 Å². The van der Waals surface area contributed by atoms with Gasteiger partial charge in [-0.15, -0.1) is 0 Å². The van der Waals surface area contributed by atoms with Crippen LogP contribution in [0.1, 0.15) is 12.0 Å². The van der Waals surface area contributed by atoms with Gasteiger partial charge in [-0.25, -0.2) is 8.42 Å². The van der Waals surface area contributed by atoms with E-state index in [9.17, 15) is 13.2 Å². The average Bonchev–Trinajstić information content (AvgIpc) is 2.65. The van der Waals surface area contributed by atoms with E-state index >= 15 is 0 Å². The third kappa shape index (κ3) is 3.37. The zero-order chi connectivity index (χ0) is 19.2. The first-order valence-corrected chi connectivity index (χ1v) is 10.9. The van der Waals surface area contributed by atoms with Crippen LogP contribution in [0.3, 0.4) is 0 Å². The molecule has 6 nitrogen and oxygen atoms in total. The van der Waals surface area contributed by atoms with Gasteiger partial charge >= 0.3 is 0 Å². The zero-order valence-electron chi connectivity index (χ0n) is 14.8. The molecular formula is C19H19ClN2O4S. The maximum Gasteiger partial charge on any atom is 0.269 e. The molecule has 0 bridgehead atoms. The number of amides is 1. The molecule has 2 heterocycles. The number of carbonyl (C=O) groups is 1. The summed E-state index contributed by atoms with van der Waals surface area (Å²) < 4.78 is 31.7. The Balaban J connectivity index is 1.69. The van der Waals surface area contributed by atoms with E-state index < -0.39 is 16.1 Å². The van der Waals surface area contributed by atoms with E-state index in [-0.39, 0.29) is 12.5 Å². The molecule has 2 aliphatic rings. The summed E-state index contributed by atoms with van der Waals surface area (Å²) >= 11 is 6.02. The Labute approximate surface area is 163 Å². The van der Waals surface area contributed by atoms with E-state index in [2.05, 4.69) is 0 Å². The number of nitrogens with zero attached hydrogens (tertiary/aromatic N) is 2. The van der Waals surface area contributed by atoms with Crippen molar-refractivity contribution >= 4 is 38.9 Å². The standard InChI is InChI=1S/C19H19ClN2O4S/c1-27(24,25)22-12-18(26-17-9-8-14(20)11-16(17)22)19(23)21-10-4-6-13-5-2-3-7-15(13)21/h2-3,5,7-9,11,18H,4,6,10,12H2,1H3/t18-/m1/s1. The predicted molar refractivity (Wildman–Crippen MR) is 105 cm³/mol. The van der Waals surface area contributed by atoms with Gasteiger partial charge < -0.3 is 9.64 Å². The molecule has 27 heavy (non-hydrogen) atoms. The van der Waals surface area contributed by atoms with Crippen molar-refractivity contribution in [3.8, 4) is 5.75 Å². The molecule has 2 aromatic rings. The fourth-order valence-corrected chi connectivity index (χ4v) is 4.68. The number of benzene rings is 2. The van der Waals surface area contributed by atoms with Gasteiger partial charge in [0, 0.05) is 17.3 Å². The van der Waals surface area contributed by atoms with Crippen LogP contribution in [0, 0.1) is 0 Å². The lowest BCUT2D eigenvalue weighted by Crippen LogP contribution is -2.52. The molecule has 0 unspecified atom stereocenters.